The molecule has 3 nitrogen and oxygen atoms in total. The van der Waals surface area contributed by atoms with Gasteiger partial charge in [-0.2, -0.15) is 0 Å². The van der Waals surface area contributed by atoms with Crippen LogP contribution in [0.4, 0.5) is 4.39 Å². The third kappa shape index (κ3) is 3.81. The van der Waals surface area contributed by atoms with Crippen molar-refractivity contribution in [1.82, 2.24) is 0 Å². The fourth-order valence-corrected chi connectivity index (χ4v) is 1.85. The molecule has 0 bridgehead atoms. The van der Waals surface area contributed by atoms with Gasteiger partial charge in [-0.05, 0) is 43.7 Å². The van der Waals surface area contributed by atoms with E-state index in [1.807, 2.05) is 19.1 Å². The minimum atomic E-state index is -0.469. The van der Waals surface area contributed by atoms with E-state index in [0.717, 1.165) is 6.42 Å². The van der Waals surface area contributed by atoms with Gasteiger partial charge in [0.05, 0.1) is 12.2 Å². The average Bonchev–Trinajstić information content (AvgIpc) is 2.48. The van der Waals surface area contributed by atoms with E-state index in [4.69, 9.17) is 9.47 Å². The zero-order chi connectivity index (χ0) is 15.2. The molecule has 0 N–H and O–H groups in total. The summed E-state index contributed by atoms with van der Waals surface area (Å²) in [7, 11) is 0. The van der Waals surface area contributed by atoms with Gasteiger partial charge in [-0.3, -0.25) is 4.79 Å². The molecule has 0 saturated carbocycles. The first-order valence-corrected chi connectivity index (χ1v) is 6.82. The molecule has 2 aromatic carbocycles. The molecule has 21 heavy (non-hydrogen) atoms. The van der Waals surface area contributed by atoms with Crippen molar-refractivity contribution in [3.8, 4) is 17.2 Å². The Bertz CT molecular complexity index is 638. The summed E-state index contributed by atoms with van der Waals surface area (Å²) in [6.45, 7) is 3.96. The molecular weight excluding hydrogens is 271 g/mol. The molecule has 0 atom stereocenters. The van der Waals surface area contributed by atoms with Gasteiger partial charge >= 0.3 is 0 Å². The Kier molecular flexibility index (Phi) is 4.93. The minimum Gasteiger partial charge on any atom is -0.490 e. The quantitative estimate of drug-likeness (QED) is 0.728. The van der Waals surface area contributed by atoms with Crippen LogP contribution in [0.25, 0.3) is 0 Å². The number of hydrogen-bond acceptors (Lipinski definition) is 3. The number of hydrogen-bond donors (Lipinski definition) is 0. The molecule has 0 fully saturated rings. The van der Waals surface area contributed by atoms with Crippen molar-refractivity contribution in [3.63, 3.8) is 0 Å². The number of benzene rings is 2. The molecule has 110 valence electrons. The second kappa shape index (κ2) is 6.88. The molecule has 0 aliphatic carbocycles. The van der Waals surface area contributed by atoms with Gasteiger partial charge in [0, 0.05) is 0 Å². The van der Waals surface area contributed by atoms with Crippen LogP contribution in [0.15, 0.2) is 42.5 Å². The fraction of sp³-hybridized carbons (Fsp3) is 0.235. The molecule has 2 rings (SSSR count). The zero-order valence-electron chi connectivity index (χ0n) is 12.1. The van der Waals surface area contributed by atoms with Crippen LogP contribution in [0.3, 0.4) is 0 Å². The smallest absolute Gasteiger partial charge is 0.169 e. The molecule has 0 unspecified atom stereocenters. The first kappa shape index (κ1) is 15.0. The lowest BCUT2D eigenvalue weighted by Gasteiger charge is -2.13. The van der Waals surface area contributed by atoms with E-state index in [-0.39, 0.29) is 11.3 Å². The van der Waals surface area contributed by atoms with Gasteiger partial charge < -0.3 is 9.47 Å². The van der Waals surface area contributed by atoms with E-state index < -0.39 is 5.82 Å². The lowest BCUT2D eigenvalue weighted by atomic mass is 10.1. The lowest BCUT2D eigenvalue weighted by molar-refractivity contribution is 0.101. The largest absolute Gasteiger partial charge is 0.490 e. The summed E-state index contributed by atoms with van der Waals surface area (Å²) in [6.07, 6.45) is 0.879. The first-order valence-electron chi connectivity index (χ1n) is 6.82. The summed E-state index contributed by atoms with van der Waals surface area (Å²) in [5.74, 6) is 0.689. The van der Waals surface area contributed by atoms with Crippen molar-refractivity contribution >= 4 is 5.78 Å². The number of ether oxygens (including phenoxy) is 2. The summed E-state index contributed by atoms with van der Waals surface area (Å²) in [5, 5.41) is 0. The number of rotatable bonds is 6. The van der Waals surface area contributed by atoms with Crippen molar-refractivity contribution in [2.45, 2.75) is 20.3 Å². The Morgan fingerprint density at radius 2 is 1.81 bits per heavy atom. The van der Waals surface area contributed by atoms with Gasteiger partial charge in [-0.15, -0.1) is 0 Å². The maximum absolute atomic E-state index is 13.3. The minimum absolute atomic E-state index is 0.209. The summed E-state index contributed by atoms with van der Waals surface area (Å²) in [4.78, 5) is 11.6. The van der Waals surface area contributed by atoms with Gasteiger partial charge in [0.25, 0.3) is 0 Å². The maximum Gasteiger partial charge on any atom is 0.169 e. The van der Waals surface area contributed by atoms with Crippen molar-refractivity contribution in [2.24, 2.45) is 0 Å². The Labute approximate surface area is 123 Å². The molecule has 4 heteroatoms. The molecule has 2 aromatic rings. The molecular formula is C17H17FO3. The zero-order valence-corrected chi connectivity index (χ0v) is 12.1. The highest BCUT2D eigenvalue weighted by Crippen LogP contribution is 2.33. The van der Waals surface area contributed by atoms with E-state index in [0.29, 0.717) is 23.9 Å². The van der Waals surface area contributed by atoms with Crippen LogP contribution in [-0.4, -0.2) is 12.4 Å². The highest BCUT2D eigenvalue weighted by Gasteiger charge is 2.13. The van der Waals surface area contributed by atoms with Crippen molar-refractivity contribution < 1.29 is 18.7 Å². The molecule has 0 aromatic heterocycles. The molecule has 0 heterocycles. The van der Waals surface area contributed by atoms with Crippen molar-refractivity contribution in [3.05, 3.63) is 53.8 Å². The average molecular weight is 288 g/mol. The Balaban J connectivity index is 2.32. The number of ketones is 1. The van der Waals surface area contributed by atoms with Crippen LogP contribution < -0.4 is 9.47 Å². The standard InChI is InChI=1S/C17H17FO3/c1-3-10-20-16-6-4-5-7-17(16)21-15-9-8-13(18)11-14(15)12(2)19/h4-9,11H,3,10H2,1-2H3. The van der Waals surface area contributed by atoms with Crippen LogP contribution in [0.2, 0.25) is 0 Å². The molecule has 0 aliphatic heterocycles. The number of carbonyl (C=O) groups is 1. The van der Waals surface area contributed by atoms with Crippen molar-refractivity contribution in [2.75, 3.05) is 6.61 Å². The molecule has 0 aliphatic rings. The Morgan fingerprint density at radius 3 is 2.48 bits per heavy atom. The summed E-state index contributed by atoms with van der Waals surface area (Å²) < 4.78 is 24.6. The van der Waals surface area contributed by atoms with E-state index in [2.05, 4.69) is 0 Å². The van der Waals surface area contributed by atoms with Crippen LogP contribution in [0.1, 0.15) is 30.6 Å². The molecule has 0 spiro atoms. The third-order valence-corrected chi connectivity index (χ3v) is 2.85. The molecule has 0 amide bonds. The molecule has 0 saturated heterocycles. The highest BCUT2D eigenvalue weighted by molar-refractivity contribution is 5.96. The van der Waals surface area contributed by atoms with E-state index in [1.54, 1.807) is 12.1 Å². The Hall–Kier alpha value is -2.36. The number of para-hydroxylation sites is 2. The van der Waals surface area contributed by atoms with Crippen LogP contribution in [-0.2, 0) is 0 Å². The third-order valence-electron chi connectivity index (χ3n) is 2.85. The summed E-state index contributed by atoms with van der Waals surface area (Å²) >= 11 is 0. The topological polar surface area (TPSA) is 35.5 Å². The molecule has 0 radical (unpaired) electrons. The first-order chi connectivity index (χ1) is 10.1. The fourth-order valence-electron chi connectivity index (χ4n) is 1.85. The SMILES string of the molecule is CCCOc1ccccc1Oc1ccc(F)cc1C(C)=O. The second-order valence-corrected chi connectivity index (χ2v) is 4.59. The van der Waals surface area contributed by atoms with E-state index in [9.17, 15) is 9.18 Å². The predicted molar refractivity (Wildman–Crippen MR) is 78.7 cm³/mol. The summed E-state index contributed by atoms with van der Waals surface area (Å²) in [6, 6.07) is 11.1. The van der Waals surface area contributed by atoms with Gasteiger partial charge in [-0.25, -0.2) is 4.39 Å². The van der Waals surface area contributed by atoms with E-state index in [1.165, 1.54) is 25.1 Å². The van der Waals surface area contributed by atoms with Crippen LogP contribution >= 0.6 is 0 Å². The maximum atomic E-state index is 13.3. The number of halogens is 1. The van der Waals surface area contributed by atoms with Crippen LogP contribution in [0, 0.1) is 5.82 Å². The van der Waals surface area contributed by atoms with Crippen molar-refractivity contribution in [1.29, 1.82) is 0 Å². The van der Waals surface area contributed by atoms with E-state index >= 15 is 0 Å². The number of carbonyl (C=O) groups excluding carboxylic acids is 1. The van der Waals surface area contributed by atoms with Gasteiger partial charge in [-0.1, -0.05) is 19.1 Å². The number of Topliss-reactive ketones (excluding diaryl/α,β-unsaturated/α-hetero) is 1. The second-order valence-electron chi connectivity index (χ2n) is 4.59. The van der Waals surface area contributed by atoms with Gasteiger partial charge in [0.2, 0.25) is 0 Å². The lowest BCUT2D eigenvalue weighted by Crippen LogP contribution is -2.00. The monoisotopic (exact) mass is 288 g/mol. The normalized spacial score (nSPS) is 10.2. The predicted octanol–water partition coefficient (Wildman–Crippen LogP) is 4.61. The highest BCUT2D eigenvalue weighted by atomic mass is 19.1. The van der Waals surface area contributed by atoms with Gasteiger partial charge in [0.1, 0.15) is 11.6 Å². The van der Waals surface area contributed by atoms with Gasteiger partial charge in [0.15, 0.2) is 17.3 Å². The Morgan fingerprint density at radius 1 is 1.10 bits per heavy atom. The summed E-state index contributed by atoms with van der Waals surface area (Å²) in [5.41, 5.74) is 0.209. The van der Waals surface area contributed by atoms with Crippen LogP contribution in [0.5, 0.6) is 17.2 Å².